The van der Waals surface area contributed by atoms with E-state index in [1.165, 1.54) is 5.56 Å². The predicted octanol–water partition coefficient (Wildman–Crippen LogP) is 3.27. The van der Waals surface area contributed by atoms with E-state index in [4.69, 9.17) is 4.74 Å². The van der Waals surface area contributed by atoms with Crippen LogP contribution in [0.5, 0.6) is 5.75 Å². The molecule has 1 aromatic carbocycles. The van der Waals surface area contributed by atoms with Gasteiger partial charge in [-0.2, -0.15) is 5.10 Å². The van der Waals surface area contributed by atoms with Crippen LogP contribution in [0.15, 0.2) is 36.5 Å². The van der Waals surface area contributed by atoms with Gasteiger partial charge in [0.05, 0.1) is 11.5 Å². The molecule has 2 aliphatic heterocycles. The summed E-state index contributed by atoms with van der Waals surface area (Å²) < 4.78 is 7.85. The summed E-state index contributed by atoms with van der Waals surface area (Å²) in [4.78, 5) is 28.1. The largest absolute Gasteiger partial charge is 0.491 e. The van der Waals surface area contributed by atoms with Crippen LogP contribution in [-0.4, -0.2) is 52.2 Å². The lowest BCUT2D eigenvalue weighted by Crippen LogP contribution is -2.52. The van der Waals surface area contributed by atoms with Gasteiger partial charge in [0, 0.05) is 38.4 Å². The number of para-hydroxylation sites is 1. The van der Waals surface area contributed by atoms with Crippen LogP contribution >= 0.6 is 0 Å². The number of amides is 2. The molecule has 0 bridgehead atoms. The second-order valence-electron chi connectivity index (χ2n) is 9.61. The van der Waals surface area contributed by atoms with Crippen LogP contribution in [0.3, 0.4) is 0 Å². The summed E-state index contributed by atoms with van der Waals surface area (Å²) in [5, 5.41) is 7.38. The maximum atomic E-state index is 13.4. The number of hydrogen-bond donors (Lipinski definition) is 1. The lowest BCUT2D eigenvalue weighted by molar-refractivity contribution is -0.141. The van der Waals surface area contributed by atoms with Crippen molar-refractivity contribution in [2.24, 2.45) is 12.5 Å². The van der Waals surface area contributed by atoms with Gasteiger partial charge in [-0.15, -0.1) is 0 Å². The van der Waals surface area contributed by atoms with Crippen molar-refractivity contribution in [1.29, 1.82) is 0 Å². The van der Waals surface area contributed by atoms with Crippen molar-refractivity contribution in [2.75, 3.05) is 19.7 Å². The highest BCUT2D eigenvalue weighted by Gasteiger charge is 2.42. The van der Waals surface area contributed by atoms with Crippen LogP contribution in [0.25, 0.3) is 0 Å². The average Bonchev–Trinajstić information content (AvgIpc) is 3.23. The van der Waals surface area contributed by atoms with Crippen molar-refractivity contribution < 1.29 is 14.3 Å². The molecule has 1 atom stereocenters. The molecule has 1 saturated heterocycles. The Kier molecular flexibility index (Phi) is 7.36. The van der Waals surface area contributed by atoms with E-state index in [2.05, 4.69) is 22.5 Å². The normalized spacial score (nSPS) is 21.3. The fourth-order valence-corrected chi connectivity index (χ4v) is 5.08. The summed E-state index contributed by atoms with van der Waals surface area (Å²) in [5.41, 5.74) is 1.90. The Morgan fingerprint density at radius 1 is 1.18 bits per heavy atom. The van der Waals surface area contributed by atoms with Crippen molar-refractivity contribution in [1.82, 2.24) is 20.0 Å². The van der Waals surface area contributed by atoms with Crippen molar-refractivity contribution in [2.45, 2.75) is 64.3 Å². The molecule has 0 radical (unpaired) electrons. The van der Waals surface area contributed by atoms with E-state index in [1.54, 1.807) is 6.20 Å². The Labute approximate surface area is 196 Å². The average molecular weight is 453 g/mol. The number of ether oxygens (including phenoxy) is 1. The van der Waals surface area contributed by atoms with Crippen molar-refractivity contribution in [3.05, 3.63) is 47.8 Å². The highest BCUT2D eigenvalue weighted by atomic mass is 16.5. The van der Waals surface area contributed by atoms with Gasteiger partial charge in [0.2, 0.25) is 11.8 Å². The first-order valence-corrected chi connectivity index (χ1v) is 12.2. The molecule has 1 N–H and O–H groups in total. The number of nitrogens with one attached hydrogen (secondary N) is 1. The first-order chi connectivity index (χ1) is 16.0. The van der Waals surface area contributed by atoms with Gasteiger partial charge >= 0.3 is 0 Å². The Morgan fingerprint density at radius 2 is 1.97 bits per heavy atom. The van der Waals surface area contributed by atoms with E-state index in [1.807, 2.05) is 41.8 Å². The predicted molar refractivity (Wildman–Crippen MR) is 127 cm³/mol. The standard InChI is InChI=1S/C26H36N4O3/c1-20-19-33-23-9-4-3-7-21(23)8-5-6-13-26(25(32)28-20)14-17-30(18-15-26)24(31)11-10-22-12-16-27-29(22)2/h3-4,7,9,12,16,20H,5-6,8,10-11,13-15,17-19H2,1-2H3,(H,28,32)/t20-/m0/s1. The Morgan fingerprint density at radius 3 is 2.73 bits per heavy atom. The topological polar surface area (TPSA) is 76.5 Å². The molecular weight excluding hydrogens is 416 g/mol. The molecule has 33 heavy (non-hydrogen) atoms. The summed E-state index contributed by atoms with van der Waals surface area (Å²) in [6.07, 6.45) is 8.22. The molecule has 1 aromatic heterocycles. The number of fused-ring (bicyclic) bond motifs is 1. The van der Waals surface area contributed by atoms with Gasteiger partial charge in [-0.1, -0.05) is 24.6 Å². The first-order valence-electron chi connectivity index (χ1n) is 12.2. The van der Waals surface area contributed by atoms with Gasteiger partial charge in [-0.05, 0) is 63.1 Å². The second-order valence-corrected chi connectivity index (χ2v) is 9.61. The molecule has 2 aliphatic rings. The number of carbonyl (C=O) groups is 2. The smallest absolute Gasteiger partial charge is 0.226 e. The number of benzene rings is 1. The minimum atomic E-state index is -0.397. The molecule has 0 aliphatic carbocycles. The van der Waals surface area contributed by atoms with Gasteiger partial charge in [0.15, 0.2) is 0 Å². The number of likely N-dealkylation sites (tertiary alicyclic amines) is 1. The Hall–Kier alpha value is -2.83. The SMILES string of the molecule is C[C@H]1COc2ccccc2CCCCC2(CCN(C(=O)CCc3ccnn3C)CC2)C(=O)N1. The van der Waals surface area contributed by atoms with E-state index in [9.17, 15) is 9.59 Å². The summed E-state index contributed by atoms with van der Waals surface area (Å²) in [6, 6.07) is 10.1. The molecule has 4 rings (SSSR count). The third-order valence-electron chi connectivity index (χ3n) is 7.26. The first kappa shape index (κ1) is 23.3. The number of carbonyl (C=O) groups excluding carboxylic acids is 2. The summed E-state index contributed by atoms with van der Waals surface area (Å²) in [5.74, 6) is 1.21. The van der Waals surface area contributed by atoms with Gasteiger partial charge < -0.3 is 15.0 Å². The maximum absolute atomic E-state index is 13.4. The van der Waals surface area contributed by atoms with Crippen LogP contribution in [0.1, 0.15) is 56.7 Å². The van der Waals surface area contributed by atoms with E-state index < -0.39 is 5.41 Å². The number of rotatable bonds is 3. The van der Waals surface area contributed by atoms with E-state index in [0.717, 1.165) is 50.0 Å². The molecular formula is C26H36N4O3. The zero-order valence-electron chi connectivity index (χ0n) is 19.9. The number of piperidine rings is 1. The molecule has 3 heterocycles. The van der Waals surface area contributed by atoms with Gasteiger partial charge in [-0.25, -0.2) is 0 Å². The van der Waals surface area contributed by atoms with Crippen LogP contribution in [0, 0.1) is 5.41 Å². The van der Waals surface area contributed by atoms with Crippen molar-refractivity contribution in [3.8, 4) is 5.75 Å². The minimum absolute atomic E-state index is 0.0691. The summed E-state index contributed by atoms with van der Waals surface area (Å²) in [6.45, 7) is 3.74. The number of aryl methyl sites for hydroxylation is 3. The second kappa shape index (κ2) is 10.4. The van der Waals surface area contributed by atoms with Crippen LogP contribution in [0.4, 0.5) is 0 Å². The molecule has 1 spiro atoms. The molecule has 2 amide bonds. The van der Waals surface area contributed by atoms with E-state index >= 15 is 0 Å². The fraction of sp³-hybridized carbons (Fsp3) is 0.577. The monoisotopic (exact) mass is 452 g/mol. The van der Waals surface area contributed by atoms with E-state index in [0.29, 0.717) is 32.5 Å². The highest BCUT2D eigenvalue weighted by molar-refractivity contribution is 5.83. The molecule has 7 heteroatoms. The van der Waals surface area contributed by atoms with E-state index in [-0.39, 0.29) is 17.9 Å². The minimum Gasteiger partial charge on any atom is -0.491 e. The quantitative estimate of drug-likeness (QED) is 0.776. The number of hydrogen-bond acceptors (Lipinski definition) is 4. The van der Waals surface area contributed by atoms with Crippen molar-refractivity contribution >= 4 is 11.8 Å². The number of nitrogens with zero attached hydrogens (tertiary/aromatic N) is 3. The van der Waals surface area contributed by atoms with Crippen LogP contribution in [-0.2, 0) is 29.5 Å². The van der Waals surface area contributed by atoms with Crippen LogP contribution in [0.2, 0.25) is 0 Å². The van der Waals surface area contributed by atoms with Gasteiger partial charge in [0.1, 0.15) is 12.4 Å². The fourth-order valence-electron chi connectivity index (χ4n) is 5.08. The summed E-state index contributed by atoms with van der Waals surface area (Å²) in [7, 11) is 1.90. The number of aromatic nitrogens is 2. The summed E-state index contributed by atoms with van der Waals surface area (Å²) >= 11 is 0. The molecule has 7 nitrogen and oxygen atoms in total. The lowest BCUT2D eigenvalue weighted by Gasteiger charge is -2.41. The lowest BCUT2D eigenvalue weighted by atomic mass is 9.73. The zero-order valence-corrected chi connectivity index (χ0v) is 19.9. The van der Waals surface area contributed by atoms with Crippen LogP contribution < -0.4 is 10.1 Å². The molecule has 0 unspecified atom stereocenters. The Bertz CT molecular complexity index is 962. The van der Waals surface area contributed by atoms with Gasteiger partial charge in [0.25, 0.3) is 0 Å². The highest BCUT2D eigenvalue weighted by Crippen LogP contribution is 2.38. The van der Waals surface area contributed by atoms with Crippen molar-refractivity contribution in [3.63, 3.8) is 0 Å². The third kappa shape index (κ3) is 5.57. The zero-order chi connectivity index (χ0) is 23.3. The maximum Gasteiger partial charge on any atom is 0.226 e. The van der Waals surface area contributed by atoms with Gasteiger partial charge in [-0.3, -0.25) is 14.3 Å². The molecule has 1 fully saturated rings. The third-order valence-corrected chi connectivity index (χ3v) is 7.26. The molecule has 0 saturated carbocycles. The molecule has 2 aromatic rings. The molecule has 178 valence electrons. The Balaban J connectivity index is 1.37.